The molecule has 0 atom stereocenters. The topological polar surface area (TPSA) is 113 Å². The van der Waals surface area contributed by atoms with Crippen molar-refractivity contribution in [3.63, 3.8) is 0 Å². The van der Waals surface area contributed by atoms with Crippen LogP contribution in [-0.4, -0.2) is 51.2 Å². The molecule has 4 rings (SSSR count). The van der Waals surface area contributed by atoms with E-state index in [1.165, 1.54) is 13.3 Å². The van der Waals surface area contributed by atoms with E-state index in [1.807, 2.05) is 30.3 Å². The van der Waals surface area contributed by atoms with Gasteiger partial charge in [0.1, 0.15) is 12.1 Å². The van der Waals surface area contributed by atoms with Crippen molar-refractivity contribution in [2.45, 2.75) is 6.61 Å². The SMILES string of the molecule is COCC(=O)Nn1ccc2c(nnc3c(-c4ccccc4)c(COC)nn32)c1=O. The van der Waals surface area contributed by atoms with Gasteiger partial charge >= 0.3 is 0 Å². The summed E-state index contributed by atoms with van der Waals surface area (Å²) >= 11 is 0. The summed E-state index contributed by atoms with van der Waals surface area (Å²) in [5.41, 5.74) is 5.36. The van der Waals surface area contributed by atoms with E-state index >= 15 is 0 Å². The van der Waals surface area contributed by atoms with Crippen molar-refractivity contribution < 1.29 is 14.3 Å². The summed E-state index contributed by atoms with van der Waals surface area (Å²) in [4.78, 5) is 24.5. The minimum atomic E-state index is -0.522. The number of hydrogen-bond acceptors (Lipinski definition) is 7. The second kappa shape index (κ2) is 7.78. The standard InChI is InChI=1S/C19H18N6O4/c1-28-10-13-16(12-6-4-3-5-7-12)18-21-20-17-14(25(18)22-13)8-9-24(19(17)27)23-15(26)11-29-2/h3-9H,10-11H2,1-2H3,(H,23,26). The van der Waals surface area contributed by atoms with Gasteiger partial charge in [0.05, 0.1) is 17.9 Å². The number of nitrogens with one attached hydrogen (secondary N) is 1. The molecule has 1 amide bonds. The van der Waals surface area contributed by atoms with Gasteiger partial charge in [-0.05, 0) is 11.6 Å². The molecule has 0 saturated heterocycles. The predicted molar refractivity (Wildman–Crippen MR) is 105 cm³/mol. The zero-order chi connectivity index (χ0) is 20.4. The quantitative estimate of drug-likeness (QED) is 0.518. The van der Waals surface area contributed by atoms with Gasteiger partial charge in [-0.15, -0.1) is 10.2 Å². The largest absolute Gasteiger partial charge is 0.378 e. The highest BCUT2D eigenvalue weighted by atomic mass is 16.5. The minimum Gasteiger partial charge on any atom is -0.378 e. The Morgan fingerprint density at radius 3 is 2.62 bits per heavy atom. The second-order valence-corrected chi connectivity index (χ2v) is 6.25. The second-order valence-electron chi connectivity index (χ2n) is 6.25. The van der Waals surface area contributed by atoms with Gasteiger partial charge < -0.3 is 9.47 Å². The number of carbonyl (C=O) groups excluding carboxylic acids is 1. The van der Waals surface area contributed by atoms with Crippen LogP contribution in [0.4, 0.5) is 0 Å². The molecule has 0 radical (unpaired) electrons. The number of nitrogens with zero attached hydrogens (tertiary/aromatic N) is 5. The maximum atomic E-state index is 12.7. The molecular formula is C19H18N6O4. The Morgan fingerprint density at radius 2 is 1.90 bits per heavy atom. The number of carbonyl (C=O) groups is 1. The van der Waals surface area contributed by atoms with E-state index in [9.17, 15) is 9.59 Å². The van der Waals surface area contributed by atoms with E-state index in [4.69, 9.17) is 9.47 Å². The molecule has 0 aliphatic carbocycles. The molecule has 0 spiro atoms. The fourth-order valence-corrected chi connectivity index (χ4v) is 3.12. The first kappa shape index (κ1) is 18.7. The number of methoxy groups -OCH3 is 2. The Balaban J connectivity index is 1.91. The van der Waals surface area contributed by atoms with E-state index in [-0.39, 0.29) is 18.7 Å². The van der Waals surface area contributed by atoms with Crippen molar-refractivity contribution in [3.05, 3.63) is 58.6 Å². The predicted octanol–water partition coefficient (Wildman–Crippen LogP) is 0.969. The monoisotopic (exact) mass is 394 g/mol. The van der Waals surface area contributed by atoms with Crippen LogP contribution in [0.5, 0.6) is 0 Å². The fourth-order valence-electron chi connectivity index (χ4n) is 3.12. The van der Waals surface area contributed by atoms with Crippen LogP contribution in [0.3, 0.4) is 0 Å². The number of fused-ring (bicyclic) bond motifs is 3. The molecule has 1 N–H and O–H groups in total. The maximum absolute atomic E-state index is 12.7. The average molecular weight is 394 g/mol. The molecule has 0 fully saturated rings. The Morgan fingerprint density at radius 1 is 1.10 bits per heavy atom. The van der Waals surface area contributed by atoms with Crippen molar-refractivity contribution in [1.82, 2.24) is 24.5 Å². The first-order chi connectivity index (χ1) is 14.1. The Kier molecular flexibility index (Phi) is 5.02. The van der Waals surface area contributed by atoms with Crippen LogP contribution in [0.25, 0.3) is 27.8 Å². The zero-order valence-corrected chi connectivity index (χ0v) is 15.8. The molecule has 148 valence electrons. The lowest BCUT2D eigenvalue weighted by Crippen LogP contribution is -2.35. The van der Waals surface area contributed by atoms with Crippen molar-refractivity contribution in [2.75, 3.05) is 26.3 Å². The van der Waals surface area contributed by atoms with Gasteiger partial charge in [0.2, 0.25) is 0 Å². The first-order valence-electron chi connectivity index (χ1n) is 8.77. The summed E-state index contributed by atoms with van der Waals surface area (Å²) in [7, 11) is 2.98. The van der Waals surface area contributed by atoms with Crippen LogP contribution in [0.15, 0.2) is 47.4 Å². The van der Waals surface area contributed by atoms with Gasteiger partial charge in [0, 0.05) is 20.4 Å². The van der Waals surface area contributed by atoms with Crippen LogP contribution in [-0.2, 0) is 20.9 Å². The van der Waals surface area contributed by atoms with Crippen molar-refractivity contribution >= 4 is 22.6 Å². The number of hydrogen-bond donors (Lipinski definition) is 1. The molecular weight excluding hydrogens is 376 g/mol. The number of amides is 1. The molecule has 4 aromatic rings. The molecule has 10 heteroatoms. The molecule has 0 aliphatic heterocycles. The summed E-state index contributed by atoms with van der Waals surface area (Å²) in [6.45, 7) is 0.106. The first-order valence-corrected chi connectivity index (χ1v) is 8.77. The molecule has 10 nitrogen and oxygen atoms in total. The number of ether oxygens (including phenoxy) is 2. The van der Waals surface area contributed by atoms with Crippen LogP contribution in [0.2, 0.25) is 0 Å². The molecule has 0 saturated carbocycles. The van der Waals surface area contributed by atoms with E-state index in [0.717, 1.165) is 15.8 Å². The third-order valence-corrected chi connectivity index (χ3v) is 4.32. The van der Waals surface area contributed by atoms with Gasteiger partial charge in [-0.25, -0.2) is 9.19 Å². The van der Waals surface area contributed by atoms with Gasteiger partial charge in [-0.3, -0.25) is 15.0 Å². The van der Waals surface area contributed by atoms with Crippen molar-refractivity contribution in [3.8, 4) is 11.1 Å². The van der Waals surface area contributed by atoms with E-state index < -0.39 is 11.5 Å². The Bertz CT molecular complexity index is 1250. The third-order valence-electron chi connectivity index (χ3n) is 4.32. The number of aromatic nitrogens is 5. The number of pyridine rings is 1. The van der Waals surface area contributed by atoms with E-state index in [1.54, 1.807) is 17.7 Å². The van der Waals surface area contributed by atoms with E-state index in [0.29, 0.717) is 16.9 Å². The van der Waals surface area contributed by atoms with Crippen molar-refractivity contribution in [2.24, 2.45) is 0 Å². The van der Waals surface area contributed by atoms with Crippen LogP contribution in [0, 0.1) is 0 Å². The van der Waals surface area contributed by atoms with Crippen LogP contribution < -0.4 is 11.0 Å². The Hall–Kier alpha value is -3.63. The van der Waals surface area contributed by atoms with Gasteiger partial charge in [-0.1, -0.05) is 30.3 Å². The Labute approximate surface area is 164 Å². The zero-order valence-electron chi connectivity index (χ0n) is 15.8. The fraction of sp³-hybridized carbons (Fsp3) is 0.211. The molecule has 0 bridgehead atoms. The highest BCUT2D eigenvalue weighted by Crippen LogP contribution is 2.28. The summed E-state index contributed by atoms with van der Waals surface area (Å²) in [6, 6.07) is 11.3. The normalized spacial score (nSPS) is 11.2. The van der Waals surface area contributed by atoms with Gasteiger partial charge in [0.15, 0.2) is 11.2 Å². The average Bonchev–Trinajstić information content (AvgIpc) is 3.09. The van der Waals surface area contributed by atoms with Gasteiger partial charge in [-0.2, -0.15) is 5.10 Å². The molecule has 0 aliphatic rings. The lowest BCUT2D eigenvalue weighted by atomic mass is 10.1. The number of benzene rings is 1. The smallest absolute Gasteiger partial charge is 0.299 e. The summed E-state index contributed by atoms with van der Waals surface area (Å²) in [5, 5.41) is 13.0. The van der Waals surface area contributed by atoms with E-state index in [2.05, 4.69) is 20.7 Å². The molecule has 0 unspecified atom stereocenters. The molecule has 1 aromatic carbocycles. The van der Waals surface area contributed by atoms with Gasteiger partial charge in [0.25, 0.3) is 11.5 Å². The lowest BCUT2D eigenvalue weighted by molar-refractivity contribution is -0.120. The van der Waals surface area contributed by atoms with Crippen molar-refractivity contribution in [1.29, 1.82) is 0 Å². The summed E-state index contributed by atoms with van der Waals surface area (Å²) < 4.78 is 12.7. The maximum Gasteiger partial charge on any atom is 0.299 e. The molecule has 3 heterocycles. The summed E-state index contributed by atoms with van der Waals surface area (Å²) in [6.07, 6.45) is 1.44. The highest BCUT2D eigenvalue weighted by molar-refractivity contribution is 5.86. The minimum absolute atomic E-state index is 0.0730. The van der Waals surface area contributed by atoms with Crippen LogP contribution in [0.1, 0.15) is 5.69 Å². The highest BCUT2D eigenvalue weighted by Gasteiger charge is 2.19. The van der Waals surface area contributed by atoms with Crippen LogP contribution >= 0.6 is 0 Å². The molecule has 3 aromatic heterocycles. The summed E-state index contributed by atoms with van der Waals surface area (Å²) in [5.74, 6) is -0.462. The molecule has 29 heavy (non-hydrogen) atoms. The lowest BCUT2D eigenvalue weighted by Gasteiger charge is -2.08. The third kappa shape index (κ3) is 3.35. The number of rotatable bonds is 6.